The molecule has 1 aliphatic rings. The van der Waals surface area contributed by atoms with Gasteiger partial charge in [0.1, 0.15) is 5.60 Å². The van der Waals surface area contributed by atoms with E-state index < -0.39 is 5.60 Å². The number of hydrogen-bond donors (Lipinski definition) is 1. The highest BCUT2D eigenvalue weighted by Gasteiger charge is 2.30. The second-order valence-corrected chi connectivity index (χ2v) is 7.64. The molecule has 1 rings (SSSR count). The molecular weight excluding hydrogens is 268 g/mol. The lowest BCUT2D eigenvalue weighted by Gasteiger charge is -2.37. The molecule has 0 aliphatic carbocycles. The van der Waals surface area contributed by atoms with E-state index in [1.54, 1.807) is 4.90 Å². The van der Waals surface area contributed by atoms with Crippen molar-refractivity contribution in [1.82, 2.24) is 10.2 Å². The summed E-state index contributed by atoms with van der Waals surface area (Å²) in [6.45, 7) is 14.9. The summed E-state index contributed by atoms with van der Waals surface area (Å²) in [6, 6.07) is 0.499. The predicted octanol–water partition coefficient (Wildman–Crippen LogP) is 2.79. The molecule has 5 nitrogen and oxygen atoms in total. The zero-order chi connectivity index (χ0) is 16.1. The third-order valence-corrected chi connectivity index (χ3v) is 3.41. The molecule has 1 N–H and O–H groups in total. The number of amides is 1. The standard InChI is InChI=1S/C16H32N2O3/c1-15(2,3)18(14(19)21-16(4,5)6)10-9-17-13-7-11-20-12-8-13/h13,17H,7-12H2,1-6H3. The van der Waals surface area contributed by atoms with Gasteiger partial charge in [-0.2, -0.15) is 0 Å². The maximum absolute atomic E-state index is 12.3. The van der Waals surface area contributed by atoms with Crippen molar-refractivity contribution in [1.29, 1.82) is 0 Å². The van der Waals surface area contributed by atoms with Gasteiger partial charge in [-0.3, -0.25) is 0 Å². The van der Waals surface area contributed by atoms with Crippen LogP contribution in [0.1, 0.15) is 54.4 Å². The molecule has 1 aliphatic heterocycles. The summed E-state index contributed by atoms with van der Waals surface area (Å²) in [4.78, 5) is 14.1. The van der Waals surface area contributed by atoms with E-state index in [4.69, 9.17) is 9.47 Å². The van der Waals surface area contributed by atoms with E-state index in [0.717, 1.165) is 32.6 Å². The molecule has 124 valence electrons. The van der Waals surface area contributed by atoms with Crippen LogP contribution < -0.4 is 5.32 Å². The fraction of sp³-hybridized carbons (Fsp3) is 0.938. The highest BCUT2D eigenvalue weighted by atomic mass is 16.6. The van der Waals surface area contributed by atoms with Gasteiger partial charge in [-0.15, -0.1) is 0 Å². The summed E-state index contributed by atoms with van der Waals surface area (Å²) in [5.74, 6) is 0. The largest absolute Gasteiger partial charge is 0.444 e. The highest BCUT2D eigenvalue weighted by Crippen LogP contribution is 2.18. The van der Waals surface area contributed by atoms with Crippen molar-refractivity contribution in [2.24, 2.45) is 0 Å². The van der Waals surface area contributed by atoms with E-state index in [2.05, 4.69) is 5.32 Å². The second kappa shape index (κ2) is 7.45. The van der Waals surface area contributed by atoms with Crippen molar-refractivity contribution in [2.45, 2.75) is 71.6 Å². The van der Waals surface area contributed by atoms with E-state index in [9.17, 15) is 4.79 Å². The van der Waals surface area contributed by atoms with Crippen molar-refractivity contribution in [2.75, 3.05) is 26.3 Å². The van der Waals surface area contributed by atoms with Gasteiger partial charge >= 0.3 is 6.09 Å². The van der Waals surface area contributed by atoms with Crippen LogP contribution in [0.3, 0.4) is 0 Å². The minimum atomic E-state index is -0.464. The molecule has 0 aromatic heterocycles. The highest BCUT2D eigenvalue weighted by molar-refractivity contribution is 5.69. The Balaban J connectivity index is 2.48. The summed E-state index contributed by atoms with van der Waals surface area (Å²) >= 11 is 0. The lowest BCUT2D eigenvalue weighted by molar-refractivity contribution is 0.00591. The van der Waals surface area contributed by atoms with Crippen LogP contribution in [0.25, 0.3) is 0 Å². The van der Waals surface area contributed by atoms with Gasteiger partial charge in [-0.05, 0) is 54.4 Å². The third kappa shape index (κ3) is 7.14. The Kier molecular flexibility index (Phi) is 6.47. The average Bonchev–Trinajstić information content (AvgIpc) is 2.32. The molecule has 0 spiro atoms. The van der Waals surface area contributed by atoms with Gasteiger partial charge in [0.2, 0.25) is 0 Å². The zero-order valence-electron chi connectivity index (χ0n) is 14.5. The van der Waals surface area contributed by atoms with E-state index in [1.807, 2.05) is 41.5 Å². The topological polar surface area (TPSA) is 50.8 Å². The van der Waals surface area contributed by atoms with Gasteiger partial charge in [0.15, 0.2) is 0 Å². The van der Waals surface area contributed by atoms with Crippen LogP contribution in [0.5, 0.6) is 0 Å². The third-order valence-electron chi connectivity index (χ3n) is 3.41. The fourth-order valence-corrected chi connectivity index (χ4v) is 2.30. The first-order valence-electron chi connectivity index (χ1n) is 7.91. The number of nitrogens with zero attached hydrogens (tertiary/aromatic N) is 1. The smallest absolute Gasteiger partial charge is 0.410 e. The number of carbonyl (C=O) groups is 1. The van der Waals surface area contributed by atoms with Crippen molar-refractivity contribution in [3.8, 4) is 0 Å². The molecule has 0 saturated carbocycles. The molecule has 0 bridgehead atoms. The summed E-state index contributed by atoms with van der Waals surface area (Å²) in [6.07, 6.45) is 1.84. The Morgan fingerprint density at radius 1 is 1.19 bits per heavy atom. The van der Waals surface area contributed by atoms with Crippen molar-refractivity contribution in [3.63, 3.8) is 0 Å². The van der Waals surface area contributed by atoms with Gasteiger partial charge in [0, 0.05) is 37.9 Å². The second-order valence-electron chi connectivity index (χ2n) is 7.64. The number of nitrogens with one attached hydrogen (secondary N) is 1. The monoisotopic (exact) mass is 300 g/mol. The van der Waals surface area contributed by atoms with Crippen LogP contribution >= 0.6 is 0 Å². The molecule has 21 heavy (non-hydrogen) atoms. The molecule has 1 fully saturated rings. The van der Waals surface area contributed by atoms with Crippen LogP contribution in [0.15, 0.2) is 0 Å². The minimum absolute atomic E-state index is 0.247. The molecular formula is C16H32N2O3. The summed E-state index contributed by atoms with van der Waals surface area (Å²) in [5, 5.41) is 3.51. The Bertz CT molecular complexity index is 325. The maximum Gasteiger partial charge on any atom is 0.410 e. The van der Waals surface area contributed by atoms with E-state index in [0.29, 0.717) is 12.6 Å². The lowest BCUT2D eigenvalue weighted by Crippen LogP contribution is -2.51. The molecule has 0 unspecified atom stereocenters. The number of rotatable bonds is 4. The SMILES string of the molecule is CC(C)(C)OC(=O)N(CCNC1CCOCC1)C(C)(C)C. The number of hydrogen-bond acceptors (Lipinski definition) is 4. The van der Waals surface area contributed by atoms with E-state index in [1.165, 1.54) is 0 Å². The lowest BCUT2D eigenvalue weighted by atomic mass is 10.1. The normalized spacial score (nSPS) is 17.6. The first-order chi connectivity index (χ1) is 9.59. The van der Waals surface area contributed by atoms with E-state index >= 15 is 0 Å². The molecule has 0 aromatic rings. The number of ether oxygens (including phenoxy) is 2. The van der Waals surface area contributed by atoms with Crippen LogP contribution in [0, 0.1) is 0 Å². The fourth-order valence-electron chi connectivity index (χ4n) is 2.30. The van der Waals surface area contributed by atoms with Gasteiger partial charge in [0.25, 0.3) is 0 Å². The molecule has 1 saturated heterocycles. The van der Waals surface area contributed by atoms with Crippen molar-refractivity contribution >= 4 is 6.09 Å². The molecule has 5 heteroatoms. The number of carbonyl (C=O) groups excluding carboxylic acids is 1. The summed E-state index contributed by atoms with van der Waals surface area (Å²) < 4.78 is 10.9. The van der Waals surface area contributed by atoms with Crippen LogP contribution in [0.2, 0.25) is 0 Å². The minimum Gasteiger partial charge on any atom is -0.444 e. The molecule has 0 aromatic carbocycles. The Morgan fingerprint density at radius 3 is 2.24 bits per heavy atom. The van der Waals surface area contributed by atoms with Crippen molar-refractivity contribution < 1.29 is 14.3 Å². The van der Waals surface area contributed by atoms with Gasteiger partial charge < -0.3 is 19.7 Å². The van der Waals surface area contributed by atoms with E-state index in [-0.39, 0.29) is 11.6 Å². The Labute approximate surface area is 129 Å². The molecule has 1 amide bonds. The van der Waals surface area contributed by atoms with Gasteiger partial charge in [-0.1, -0.05) is 0 Å². The summed E-state index contributed by atoms with van der Waals surface area (Å²) in [7, 11) is 0. The Hall–Kier alpha value is -0.810. The first kappa shape index (κ1) is 18.2. The average molecular weight is 300 g/mol. The van der Waals surface area contributed by atoms with Crippen LogP contribution in [-0.2, 0) is 9.47 Å². The molecule has 1 heterocycles. The van der Waals surface area contributed by atoms with Crippen LogP contribution in [0.4, 0.5) is 4.79 Å². The maximum atomic E-state index is 12.3. The summed E-state index contributed by atoms with van der Waals surface area (Å²) in [5.41, 5.74) is -0.714. The van der Waals surface area contributed by atoms with Crippen molar-refractivity contribution in [3.05, 3.63) is 0 Å². The molecule has 0 atom stereocenters. The van der Waals surface area contributed by atoms with Crippen LogP contribution in [-0.4, -0.2) is 54.5 Å². The predicted molar refractivity (Wildman–Crippen MR) is 84.5 cm³/mol. The van der Waals surface area contributed by atoms with Gasteiger partial charge in [0.05, 0.1) is 0 Å². The first-order valence-corrected chi connectivity index (χ1v) is 7.91. The van der Waals surface area contributed by atoms with Gasteiger partial charge in [-0.25, -0.2) is 4.79 Å². The Morgan fingerprint density at radius 2 is 1.76 bits per heavy atom. The zero-order valence-corrected chi connectivity index (χ0v) is 14.5. The molecule has 0 radical (unpaired) electrons. The quantitative estimate of drug-likeness (QED) is 0.867.